The van der Waals surface area contributed by atoms with Crippen LogP contribution in [0.25, 0.3) is 0 Å². The summed E-state index contributed by atoms with van der Waals surface area (Å²) in [6, 6.07) is 7.45. The molecule has 1 spiro atoms. The largest absolute Gasteiger partial charge is 0.274 e. The summed E-state index contributed by atoms with van der Waals surface area (Å²) in [6.45, 7) is 0. The van der Waals surface area contributed by atoms with Crippen LogP contribution in [-0.2, 0) is 9.59 Å². The lowest BCUT2D eigenvalue weighted by Crippen LogP contribution is -2.34. The first-order chi connectivity index (χ1) is 10.1. The van der Waals surface area contributed by atoms with Gasteiger partial charge in [0, 0.05) is 4.47 Å². The minimum absolute atomic E-state index is 0.00576. The van der Waals surface area contributed by atoms with Crippen LogP contribution in [0.3, 0.4) is 0 Å². The van der Waals surface area contributed by atoms with Crippen molar-refractivity contribution in [1.82, 2.24) is 0 Å². The number of halogens is 1. The first kappa shape index (κ1) is 12.2. The minimum Gasteiger partial charge on any atom is -0.274 e. The van der Waals surface area contributed by atoms with E-state index in [-0.39, 0.29) is 29.1 Å². The minimum atomic E-state index is -0.117. The number of rotatable bonds is 1. The van der Waals surface area contributed by atoms with Gasteiger partial charge < -0.3 is 0 Å². The van der Waals surface area contributed by atoms with E-state index in [0.29, 0.717) is 17.5 Å². The number of anilines is 1. The summed E-state index contributed by atoms with van der Waals surface area (Å²) in [4.78, 5) is 27.2. The van der Waals surface area contributed by atoms with Crippen molar-refractivity contribution in [1.29, 1.82) is 0 Å². The highest BCUT2D eigenvalue weighted by Gasteiger charge is 2.73. The maximum atomic E-state index is 12.9. The molecular weight excluding hydrogens is 330 g/mol. The predicted octanol–water partition coefficient (Wildman–Crippen LogP) is 3.15. The van der Waals surface area contributed by atoms with Gasteiger partial charge in [0.25, 0.3) is 0 Å². The highest BCUT2D eigenvalue weighted by atomic mass is 79.9. The predicted molar refractivity (Wildman–Crippen MR) is 81.4 cm³/mol. The van der Waals surface area contributed by atoms with Crippen molar-refractivity contribution in [3.05, 3.63) is 40.9 Å². The van der Waals surface area contributed by atoms with Gasteiger partial charge in [0.1, 0.15) is 0 Å². The monoisotopic (exact) mass is 343 g/mol. The summed E-state index contributed by atoms with van der Waals surface area (Å²) in [5.74, 6) is 0.364. The topological polar surface area (TPSA) is 37.4 Å². The highest BCUT2D eigenvalue weighted by Crippen LogP contribution is 2.73. The third-order valence-corrected chi connectivity index (χ3v) is 6.41. The molecule has 1 aromatic rings. The summed E-state index contributed by atoms with van der Waals surface area (Å²) >= 11 is 3.41. The van der Waals surface area contributed by atoms with E-state index in [1.165, 1.54) is 17.7 Å². The number of allylic oxidation sites excluding steroid dienone is 2. The number of hydrogen-bond acceptors (Lipinski definition) is 2. The van der Waals surface area contributed by atoms with Crippen molar-refractivity contribution in [2.24, 2.45) is 29.1 Å². The fraction of sp³-hybridized carbons (Fsp3) is 0.412. The third kappa shape index (κ3) is 1.30. The summed E-state index contributed by atoms with van der Waals surface area (Å²) in [5.41, 5.74) is 0.960. The van der Waals surface area contributed by atoms with Crippen molar-refractivity contribution in [2.45, 2.75) is 12.8 Å². The summed E-state index contributed by atoms with van der Waals surface area (Å²) < 4.78 is 0.886. The second-order valence-corrected chi connectivity index (χ2v) is 7.63. The molecule has 0 N–H and O–H groups in total. The maximum absolute atomic E-state index is 12.9. The Hall–Kier alpha value is -1.42. The zero-order chi connectivity index (χ0) is 14.4. The van der Waals surface area contributed by atoms with Gasteiger partial charge in [-0.2, -0.15) is 0 Å². The van der Waals surface area contributed by atoms with Crippen LogP contribution in [0.5, 0.6) is 0 Å². The number of fused-ring (bicyclic) bond motifs is 3. The van der Waals surface area contributed by atoms with Gasteiger partial charge in [-0.1, -0.05) is 34.1 Å². The summed E-state index contributed by atoms with van der Waals surface area (Å²) in [6.07, 6.45) is 6.77. The van der Waals surface area contributed by atoms with Crippen LogP contribution in [0, 0.1) is 29.1 Å². The van der Waals surface area contributed by atoms with E-state index in [4.69, 9.17) is 0 Å². The Bertz CT molecular complexity index is 687. The van der Waals surface area contributed by atoms with Gasteiger partial charge in [-0.15, -0.1) is 0 Å². The van der Waals surface area contributed by atoms with Crippen molar-refractivity contribution < 1.29 is 9.59 Å². The van der Waals surface area contributed by atoms with Gasteiger partial charge in [0.15, 0.2) is 0 Å². The van der Waals surface area contributed by atoms with Crippen LogP contribution in [0.15, 0.2) is 40.9 Å². The zero-order valence-electron chi connectivity index (χ0n) is 11.3. The lowest BCUT2D eigenvalue weighted by molar-refractivity contribution is -0.123. The van der Waals surface area contributed by atoms with Crippen LogP contribution >= 0.6 is 15.9 Å². The smallest absolute Gasteiger partial charge is 0.238 e. The van der Waals surface area contributed by atoms with Gasteiger partial charge in [-0.3, -0.25) is 9.59 Å². The molecule has 4 unspecified atom stereocenters. The summed E-state index contributed by atoms with van der Waals surface area (Å²) in [7, 11) is 0. The van der Waals surface area contributed by atoms with Gasteiger partial charge in [0.2, 0.25) is 11.8 Å². The van der Waals surface area contributed by atoms with E-state index in [9.17, 15) is 9.59 Å². The Labute approximate surface area is 131 Å². The fourth-order valence-electron chi connectivity index (χ4n) is 4.95. The molecule has 3 fully saturated rings. The van der Waals surface area contributed by atoms with Crippen LogP contribution in [-0.4, -0.2) is 11.8 Å². The van der Waals surface area contributed by atoms with Gasteiger partial charge in [0.05, 0.1) is 17.5 Å². The van der Waals surface area contributed by atoms with Crippen molar-refractivity contribution in [2.75, 3.05) is 4.90 Å². The molecule has 0 aromatic heterocycles. The first-order valence-corrected chi connectivity index (χ1v) is 8.24. The SMILES string of the molecule is O=C1C2C(C(=O)N1c1cccc(Br)c1)C1C=CC2C12CC2. The molecule has 1 heterocycles. The van der Waals surface area contributed by atoms with Gasteiger partial charge in [-0.25, -0.2) is 4.90 Å². The molecule has 4 atom stereocenters. The molecule has 106 valence electrons. The van der Waals surface area contributed by atoms with E-state index < -0.39 is 0 Å². The van der Waals surface area contributed by atoms with Crippen LogP contribution in [0.4, 0.5) is 5.69 Å². The molecule has 2 amide bonds. The molecule has 2 bridgehead atoms. The molecule has 21 heavy (non-hydrogen) atoms. The number of nitrogens with zero attached hydrogens (tertiary/aromatic N) is 1. The summed E-state index contributed by atoms with van der Waals surface area (Å²) in [5, 5.41) is 0. The fourth-order valence-corrected chi connectivity index (χ4v) is 5.34. The molecule has 2 saturated carbocycles. The average Bonchev–Trinajstić information content (AvgIpc) is 3.05. The number of carbonyl (C=O) groups is 2. The van der Waals surface area contributed by atoms with E-state index in [0.717, 1.165) is 4.47 Å². The lowest BCUT2D eigenvalue weighted by Gasteiger charge is -2.21. The van der Waals surface area contributed by atoms with Crippen LogP contribution < -0.4 is 4.90 Å². The second kappa shape index (κ2) is 3.67. The Morgan fingerprint density at radius 3 is 2.19 bits per heavy atom. The molecule has 5 rings (SSSR count). The van der Waals surface area contributed by atoms with Crippen molar-refractivity contribution >= 4 is 33.4 Å². The normalized spacial score (nSPS) is 37.7. The van der Waals surface area contributed by atoms with E-state index in [2.05, 4.69) is 28.1 Å². The Morgan fingerprint density at radius 2 is 1.67 bits per heavy atom. The molecule has 0 radical (unpaired) electrons. The molecule has 3 aliphatic carbocycles. The Kier molecular flexibility index (Phi) is 2.12. The number of benzene rings is 1. The number of imide groups is 1. The van der Waals surface area contributed by atoms with Gasteiger partial charge >= 0.3 is 0 Å². The molecule has 4 aliphatic rings. The molecular formula is C17H14BrNO2. The standard InChI is InChI=1S/C17H14BrNO2/c18-9-2-1-3-10(8-9)19-15(20)13-11-4-5-12(14(13)16(19)21)17(11)6-7-17/h1-5,8,11-14H,6-7H2. The number of amides is 2. The molecule has 1 aromatic carbocycles. The van der Waals surface area contributed by atoms with Crippen molar-refractivity contribution in [3.63, 3.8) is 0 Å². The van der Waals surface area contributed by atoms with Gasteiger partial charge in [-0.05, 0) is 48.3 Å². The number of hydrogen-bond donors (Lipinski definition) is 0. The lowest BCUT2D eigenvalue weighted by atomic mass is 9.85. The molecule has 4 heteroatoms. The van der Waals surface area contributed by atoms with E-state index in [1.54, 1.807) is 0 Å². The molecule has 3 nitrogen and oxygen atoms in total. The third-order valence-electron chi connectivity index (χ3n) is 5.92. The van der Waals surface area contributed by atoms with E-state index >= 15 is 0 Å². The number of carbonyl (C=O) groups excluding carboxylic acids is 2. The Balaban J connectivity index is 1.59. The highest BCUT2D eigenvalue weighted by molar-refractivity contribution is 9.10. The molecule has 1 saturated heterocycles. The quantitative estimate of drug-likeness (QED) is 0.580. The van der Waals surface area contributed by atoms with Crippen molar-refractivity contribution in [3.8, 4) is 0 Å². The van der Waals surface area contributed by atoms with Crippen LogP contribution in [0.2, 0.25) is 0 Å². The zero-order valence-corrected chi connectivity index (χ0v) is 12.9. The first-order valence-electron chi connectivity index (χ1n) is 7.45. The molecule has 1 aliphatic heterocycles. The van der Waals surface area contributed by atoms with Crippen LogP contribution in [0.1, 0.15) is 12.8 Å². The maximum Gasteiger partial charge on any atom is 0.238 e. The average molecular weight is 344 g/mol. The van der Waals surface area contributed by atoms with E-state index in [1.807, 2.05) is 24.3 Å². The second-order valence-electron chi connectivity index (χ2n) is 6.71. The Morgan fingerprint density at radius 1 is 1.05 bits per heavy atom.